The summed E-state index contributed by atoms with van der Waals surface area (Å²) in [7, 11) is 0. The van der Waals surface area contributed by atoms with E-state index in [4.69, 9.17) is 4.74 Å². The molecule has 4 aromatic rings. The molecule has 4 N–H and O–H groups in total. The van der Waals surface area contributed by atoms with Crippen LogP contribution in [0.1, 0.15) is 78.5 Å². The molecule has 4 atom stereocenters. The highest BCUT2D eigenvalue weighted by Crippen LogP contribution is 2.43. The van der Waals surface area contributed by atoms with Crippen molar-refractivity contribution in [3.8, 4) is 11.5 Å². The second kappa shape index (κ2) is 16.0. The topological polar surface area (TPSA) is 118 Å². The number of aliphatic hydroxyl groups excluding tert-OH is 1. The largest absolute Gasteiger partial charge is 0.506 e. The number of unbranched alkanes of at least 4 members (excludes halogenated alkanes) is 2. The van der Waals surface area contributed by atoms with Gasteiger partial charge in [0.2, 0.25) is 5.56 Å². The first-order valence-electron chi connectivity index (χ1n) is 18.6. The van der Waals surface area contributed by atoms with E-state index in [1.165, 1.54) is 36.6 Å². The lowest BCUT2D eigenvalue weighted by Crippen LogP contribution is -2.58. The number of nitrogens with one attached hydrogen (secondary N) is 2. The van der Waals surface area contributed by atoms with Crippen LogP contribution >= 0.6 is 0 Å². The normalized spacial score (nSPS) is 23.7. The fourth-order valence-electron chi connectivity index (χ4n) is 8.66. The number of piperidine rings is 4. The molecular weight excluding hydrogens is 647 g/mol. The van der Waals surface area contributed by atoms with Crippen LogP contribution in [0.4, 0.5) is 4.39 Å². The van der Waals surface area contributed by atoms with Gasteiger partial charge in [-0.2, -0.15) is 0 Å². The molecule has 51 heavy (non-hydrogen) atoms. The predicted octanol–water partition coefficient (Wildman–Crippen LogP) is 5.98. The van der Waals surface area contributed by atoms with Crippen molar-refractivity contribution < 1.29 is 24.1 Å². The van der Waals surface area contributed by atoms with Gasteiger partial charge in [-0.15, -0.1) is 0 Å². The van der Waals surface area contributed by atoms with Crippen molar-refractivity contribution >= 4 is 16.8 Å². The number of fused-ring (bicyclic) bond motifs is 4. The summed E-state index contributed by atoms with van der Waals surface area (Å²) in [6, 6.07) is 21.6. The maximum Gasteiger partial charge on any atom is 0.254 e. The Morgan fingerprint density at radius 2 is 1.80 bits per heavy atom. The zero-order valence-electron chi connectivity index (χ0n) is 29.1. The van der Waals surface area contributed by atoms with Crippen LogP contribution in [-0.4, -0.2) is 82.8 Å². The van der Waals surface area contributed by atoms with Crippen LogP contribution in [0.2, 0.25) is 0 Å². The van der Waals surface area contributed by atoms with E-state index in [0.29, 0.717) is 66.0 Å². The number of carbonyl (C=O) groups excluding carboxylic acids is 1. The zero-order valence-corrected chi connectivity index (χ0v) is 29.1. The van der Waals surface area contributed by atoms with Crippen molar-refractivity contribution in [1.29, 1.82) is 0 Å². The van der Waals surface area contributed by atoms with E-state index in [9.17, 15) is 19.8 Å². The summed E-state index contributed by atoms with van der Waals surface area (Å²) in [4.78, 5) is 32.9. The first kappa shape index (κ1) is 35.2. The van der Waals surface area contributed by atoms with Crippen molar-refractivity contribution in [2.24, 2.45) is 11.8 Å². The highest BCUT2D eigenvalue weighted by Gasteiger charge is 2.44. The summed E-state index contributed by atoms with van der Waals surface area (Å²) >= 11 is 0. The average Bonchev–Trinajstić information content (AvgIpc) is 3.17. The maximum absolute atomic E-state index is 15.3. The van der Waals surface area contributed by atoms with Crippen molar-refractivity contribution in [3.05, 3.63) is 106 Å². The van der Waals surface area contributed by atoms with Gasteiger partial charge < -0.3 is 35.1 Å². The van der Waals surface area contributed by atoms with Gasteiger partial charge in [0.15, 0.2) is 11.6 Å². The number of pyridine rings is 1. The monoisotopic (exact) mass is 696 g/mol. The van der Waals surface area contributed by atoms with Gasteiger partial charge in [0.1, 0.15) is 5.75 Å². The fraction of sp³-hybridized carbons (Fsp3) is 0.463. The summed E-state index contributed by atoms with van der Waals surface area (Å²) in [6.07, 6.45) is 5.87. The number of aromatic nitrogens is 1. The van der Waals surface area contributed by atoms with Crippen LogP contribution in [0.3, 0.4) is 0 Å². The van der Waals surface area contributed by atoms with Crippen LogP contribution < -0.4 is 15.6 Å². The van der Waals surface area contributed by atoms with Gasteiger partial charge >= 0.3 is 0 Å². The molecular formula is C41H49FN4O5. The molecule has 9 nitrogen and oxygen atoms in total. The molecule has 1 amide bonds. The number of carbonyl (C=O) groups is 1. The van der Waals surface area contributed by atoms with Crippen molar-refractivity contribution in [3.63, 3.8) is 0 Å². The molecule has 0 aliphatic carbocycles. The quantitative estimate of drug-likeness (QED) is 0.127. The van der Waals surface area contributed by atoms with E-state index < -0.39 is 11.9 Å². The maximum atomic E-state index is 15.3. The van der Waals surface area contributed by atoms with E-state index in [2.05, 4.69) is 50.4 Å². The van der Waals surface area contributed by atoms with Crippen LogP contribution in [-0.2, 0) is 0 Å². The third kappa shape index (κ3) is 7.98. The van der Waals surface area contributed by atoms with E-state index in [1.807, 2.05) is 0 Å². The SMILES string of the molecule is O=C(c1ccc(OCCCCCNCC(O)c2ccc(O)c3[nH]c(=O)ccc23)c(F)c1)N1CCC(c2ccccc2)CC1C1CN2CCC1CC2. The summed E-state index contributed by atoms with van der Waals surface area (Å²) in [5.41, 5.74) is 2.34. The van der Waals surface area contributed by atoms with E-state index in [1.54, 1.807) is 24.3 Å². The third-order valence-corrected chi connectivity index (χ3v) is 11.4. The van der Waals surface area contributed by atoms with E-state index in [0.717, 1.165) is 51.7 Å². The molecule has 4 unspecified atom stereocenters. The second-order valence-corrected chi connectivity index (χ2v) is 14.6. The fourth-order valence-corrected chi connectivity index (χ4v) is 8.66. The Balaban J connectivity index is 0.882. The van der Waals surface area contributed by atoms with Gasteiger partial charge in [-0.05, 0) is 124 Å². The average molecular weight is 697 g/mol. The number of hydrogen-bond donors (Lipinski definition) is 4. The number of rotatable bonds is 13. The second-order valence-electron chi connectivity index (χ2n) is 14.6. The standard InChI is InChI=1S/C41H49FN4O5/c42-34-23-30(41(50)46-21-17-29(27-7-3-1-4-8-27)24-35(46)33-26-45-19-15-28(33)16-20-45)9-13-38(34)51-22-6-2-5-18-43-25-37(48)31-10-12-36(47)40-32(31)11-14-39(49)44-40/h1,3-4,7-14,23,28-29,33,35,37,43,47-48H,2,5-6,15-22,24-26H2,(H,44,49). The first-order valence-corrected chi connectivity index (χ1v) is 18.6. The molecule has 0 saturated carbocycles. The lowest BCUT2D eigenvalue weighted by atomic mass is 9.70. The number of benzene rings is 3. The minimum Gasteiger partial charge on any atom is -0.506 e. The Bertz CT molecular complexity index is 1860. The highest BCUT2D eigenvalue weighted by atomic mass is 19.1. The molecule has 5 heterocycles. The molecule has 0 radical (unpaired) electrons. The van der Waals surface area contributed by atoms with Gasteiger partial charge in [0.05, 0.1) is 18.2 Å². The molecule has 270 valence electrons. The third-order valence-electron chi connectivity index (χ3n) is 11.4. The van der Waals surface area contributed by atoms with E-state index in [-0.39, 0.29) is 29.0 Å². The molecule has 4 saturated heterocycles. The Labute approximate surface area is 298 Å². The van der Waals surface area contributed by atoms with Gasteiger partial charge in [0, 0.05) is 42.7 Å². The Kier molecular flexibility index (Phi) is 11.0. The van der Waals surface area contributed by atoms with Crippen molar-refractivity contribution in [1.82, 2.24) is 20.1 Å². The number of aliphatic hydroxyl groups is 1. The first-order chi connectivity index (χ1) is 24.9. The lowest BCUT2D eigenvalue weighted by molar-refractivity contribution is -0.0155. The van der Waals surface area contributed by atoms with Gasteiger partial charge in [0.25, 0.3) is 5.91 Å². The van der Waals surface area contributed by atoms with Crippen LogP contribution in [0.25, 0.3) is 10.9 Å². The van der Waals surface area contributed by atoms with Crippen molar-refractivity contribution in [2.45, 2.75) is 63.0 Å². The summed E-state index contributed by atoms with van der Waals surface area (Å²) in [5.74, 6) is 1.03. The molecule has 8 rings (SSSR count). The number of aromatic amines is 1. The molecule has 2 bridgehead atoms. The molecule has 10 heteroatoms. The number of ether oxygens (including phenoxy) is 1. The minimum absolute atomic E-state index is 0.0407. The number of aromatic hydroxyl groups is 1. The van der Waals surface area contributed by atoms with Gasteiger partial charge in [-0.1, -0.05) is 36.4 Å². The van der Waals surface area contributed by atoms with E-state index >= 15 is 4.39 Å². The number of phenolic OH excluding ortho intramolecular Hbond substituents is 1. The van der Waals surface area contributed by atoms with Crippen LogP contribution in [0, 0.1) is 17.7 Å². The number of halogens is 1. The van der Waals surface area contributed by atoms with Crippen LogP contribution in [0.15, 0.2) is 77.6 Å². The van der Waals surface area contributed by atoms with Gasteiger partial charge in [-0.3, -0.25) is 9.59 Å². The number of nitrogens with zero attached hydrogens (tertiary/aromatic N) is 2. The number of H-pyrrole nitrogens is 1. The number of amides is 1. The Morgan fingerprint density at radius 1 is 0.980 bits per heavy atom. The zero-order chi connectivity index (χ0) is 35.3. The summed E-state index contributed by atoms with van der Waals surface area (Å²) in [5, 5.41) is 24.7. The molecule has 0 spiro atoms. The smallest absolute Gasteiger partial charge is 0.254 e. The molecule has 1 aromatic heterocycles. The van der Waals surface area contributed by atoms with Crippen molar-refractivity contribution in [2.75, 3.05) is 45.9 Å². The summed E-state index contributed by atoms with van der Waals surface area (Å²) in [6.45, 7) is 5.39. The highest BCUT2D eigenvalue weighted by molar-refractivity contribution is 5.94. The molecule has 4 fully saturated rings. The molecule has 4 aliphatic rings. The Hall–Kier alpha value is -4.25. The minimum atomic E-state index is -0.812. The lowest BCUT2D eigenvalue weighted by Gasteiger charge is -2.52. The number of likely N-dealkylation sites (tertiary alicyclic amines) is 1. The van der Waals surface area contributed by atoms with Crippen LogP contribution in [0.5, 0.6) is 11.5 Å². The summed E-state index contributed by atoms with van der Waals surface area (Å²) < 4.78 is 21.1. The Morgan fingerprint density at radius 3 is 2.57 bits per heavy atom. The van der Waals surface area contributed by atoms with Gasteiger partial charge in [-0.25, -0.2) is 4.39 Å². The molecule has 3 aromatic carbocycles. The number of phenols is 1. The predicted molar refractivity (Wildman–Crippen MR) is 196 cm³/mol. The number of hydrogen-bond acceptors (Lipinski definition) is 7. The molecule has 4 aliphatic heterocycles.